The van der Waals surface area contributed by atoms with Crippen LogP contribution in [0.3, 0.4) is 0 Å². The van der Waals surface area contributed by atoms with E-state index >= 15 is 0 Å². The molecule has 1 amide bonds. The second-order valence-corrected chi connectivity index (χ2v) is 5.02. The summed E-state index contributed by atoms with van der Waals surface area (Å²) in [7, 11) is 0. The summed E-state index contributed by atoms with van der Waals surface area (Å²) < 4.78 is 0. The number of carbonyl (C=O) groups is 1. The molecule has 0 spiro atoms. The minimum Gasteiger partial charge on any atom is -0.391 e. The lowest BCUT2D eigenvalue weighted by Crippen LogP contribution is -2.43. The van der Waals surface area contributed by atoms with E-state index in [1.165, 1.54) is 0 Å². The van der Waals surface area contributed by atoms with E-state index in [0.29, 0.717) is 24.4 Å². The third-order valence-corrected chi connectivity index (χ3v) is 3.34. The van der Waals surface area contributed by atoms with Crippen molar-refractivity contribution in [1.29, 1.82) is 0 Å². The number of β-amino-alcohol motifs (C(OH)–C–C–N with tert-alkyl or cyclic N) is 1. The molecule has 92 valence electrons. The van der Waals surface area contributed by atoms with E-state index in [2.05, 4.69) is 0 Å². The fraction of sp³-hybridized carbons (Fsp3) is 0.462. The zero-order chi connectivity index (χ0) is 12.6. The summed E-state index contributed by atoms with van der Waals surface area (Å²) in [6.45, 7) is 4.24. The maximum atomic E-state index is 11.9. The van der Waals surface area contributed by atoms with Crippen molar-refractivity contribution in [1.82, 2.24) is 0 Å². The highest BCUT2D eigenvalue weighted by atomic mass is 35.5. The Bertz CT molecular complexity index is 436. The van der Waals surface area contributed by atoms with Crippen LogP contribution in [0.15, 0.2) is 12.1 Å². The molecule has 1 aromatic carbocycles. The van der Waals surface area contributed by atoms with Crippen molar-refractivity contribution in [3.05, 3.63) is 28.3 Å². The van der Waals surface area contributed by atoms with Crippen LogP contribution >= 0.6 is 11.6 Å². The van der Waals surface area contributed by atoms with E-state index in [1.807, 2.05) is 26.0 Å². The van der Waals surface area contributed by atoms with Crippen LogP contribution in [0.5, 0.6) is 0 Å². The van der Waals surface area contributed by atoms with Gasteiger partial charge in [0.2, 0.25) is 5.91 Å². The topological polar surface area (TPSA) is 40.5 Å². The summed E-state index contributed by atoms with van der Waals surface area (Å²) in [5.41, 5.74) is 2.78. The van der Waals surface area contributed by atoms with Gasteiger partial charge in [-0.3, -0.25) is 4.79 Å². The lowest BCUT2D eigenvalue weighted by molar-refractivity contribution is -0.121. The van der Waals surface area contributed by atoms with Crippen molar-refractivity contribution in [3.63, 3.8) is 0 Å². The number of hydrogen-bond donors (Lipinski definition) is 1. The number of aliphatic hydroxyl groups excluding tert-OH is 1. The molecule has 1 aliphatic rings. The Morgan fingerprint density at radius 2 is 2.12 bits per heavy atom. The van der Waals surface area contributed by atoms with Gasteiger partial charge in [-0.1, -0.05) is 17.7 Å². The molecule has 1 N–H and O–H groups in total. The van der Waals surface area contributed by atoms with Crippen LogP contribution in [0.4, 0.5) is 5.69 Å². The number of anilines is 1. The lowest BCUT2D eigenvalue weighted by Gasteiger charge is -2.32. The molecule has 17 heavy (non-hydrogen) atoms. The average Bonchev–Trinajstić information content (AvgIpc) is 2.21. The van der Waals surface area contributed by atoms with E-state index in [4.69, 9.17) is 11.6 Å². The summed E-state index contributed by atoms with van der Waals surface area (Å²) in [5.74, 6) is 0.0316. The first kappa shape index (κ1) is 12.4. The smallest absolute Gasteiger partial charge is 0.227 e. The second-order valence-electron chi connectivity index (χ2n) is 4.61. The molecular weight excluding hydrogens is 238 g/mol. The Hall–Kier alpha value is -1.06. The largest absolute Gasteiger partial charge is 0.391 e. The van der Waals surface area contributed by atoms with Crippen LogP contribution in [0.2, 0.25) is 5.02 Å². The Kier molecular flexibility index (Phi) is 3.40. The summed E-state index contributed by atoms with van der Waals surface area (Å²) in [6, 6.07) is 3.84. The first-order valence-corrected chi connectivity index (χ1v) is 6.12. The highest BCUT2D eigenvalue weighted by Crippen LogP contribution is 2.33. The standard InChI is InChI=1S/C13H16ClNO2/c1-8-5-9(2)13(11(14)6-8)15-7-10(16)3-4-12(15)17/h5-6,10,16H,3-4,7H2,1-2H3. The van der Waals surface area contributed by atoms with E-state index in [1.54, 1.807) is 4.90 Å². The van der Waals surface area contributed by atoms with Gasteiger partial charge in [0.1, 0.15) is 0 Å². The van der Waals surface area contributed by atoms with Gasteiger partial charge in [0.15, 0.2) is 0 Å². The summed E-state index contributed by atoms with van der Waals surface area (Å²) >= 11 is 6.21. The van der Waals surface area contributed by atoms with Crippen molar-refractivity contribution in [2.45, 2.75) is 32.8 Å². The Morgan fingerprint density at radius 3 is 2.76 bits per heavy atom. The molecule has 0 aromatic heterocycles. The monoisotopic (exact) mass is 253 g/mol. The van der Waals surface area contributed by atoms with Gasteiger partial charge in [0.25, 0.3) is 0 Å². The molecule has 0 bridgehead atoms. The van der Waals surface area contributed by atoms with Gasteiger partial charge in [0, 0.05) is 6.42 Å². The first-order chi connectivity index (χ1) is 7.99. The molecule has 2 rings (SSSR count). The number of nitrogens with zero attached hydrogens (tertiary/aromatic N) is 1. The van der Waals surface area contributed by atoms with E-state index in [0.717, 1.165) is 16.8 Å². The third kappa shape index (κ3) is 2.45. The number of benzene rings is 1. The summed E-state index contributed by atoms with van der Waals surface area (Å²) in [5, 5.41) is 10.2. The van der Waals surface area contributed by atoms with Crippen molar-refractivity contribution in [3.8, 4) is 0 Å². The number of rotatable bonds is 1. The molecule has 1 heterocycles. The van der Waals surface area contributed by atoms with Gasteiger partial charge in [0.05, 0.1) is 23.4 Å². The average molecular weight is 254 g/mol. The van der Waals surface area contributed by atoms with Crippen LogP contribution in [0, 0.1) is 13.8 Å². The van der Waals surface area contributed by atoms with Crippen molar-refractivity contribution >= 4 is 23.2 Å². The molecule has 1 aromatic rings. The number of piperidine rings is 1. The number of aryl methyl sites for hydroxylation is 2. The Labute approximate surface area is 106 Å². The molecule has 1 saturated heterocycles. The molecule has 1 atom stereocenters. The van der Waals surface area contributed by atoms with Gasteiger partial charge in [-0.25, -0.2) is 0 Å². The number of carbonyl (C=O) groups excluding carboxylic acids is 1. The van der Waals surface area contributed by atoms with Crippen LogP contribution < -0.4 is 4.90 Å². The van der Waals surface area contributed by atoms with E-state index in [9.17, 15) is 9.90 Å². The molecule has 1 aliphatic heterocycles. The van der Waals surface area contributed by atoms with Crippen molar-refractivity contribution in [2.75, 3.05) is 11.4 Å². The van der Waals surface area contributed by atoms with Crippen LogP contribution in [0.25, 0.3) is 0 Å². The predicted molar refractivity (Wildman–Crippen MR) is 68.5 cm³/mol. The van der Waals surface area contributed by atoms with Crippen molar-refractivity contribution in [2.24, 2.45) is 0 Å². The zero-order valence-electron chi connectivity index (χ0n) is 10.0. The normalized spacial score (nSPS) is 20.8. The van der Waals surface area contributed by atoms with Crippen LogP contribution in [-0.4, -0.2) is 23.7 Å². The quantitative estimate of drug-likeness (QED) is 0.835. The van der Waals surface area contributed by atoms with Crippen molar-refractivity contribution < 1.29 is 9.90 Å². The minimum atomic E-state index is -0.454. The van der Waals surface area contributed by atoms with Crippen LogP contribution in [-0.2, 0) is 4.79 Å². The second kappa shape index (κ2) is 4.67. The third-order valence-electron chi connectivity index (χ3n) is 3.05. The fourth-order valence-corrected chi connectivity index (χ4v) is 2.72. The zero-order valence-corrected chi connectivity index (χ0v) is 10.8. The van der Waals surface area contributed by atoms with E-state index < -0.39 is 6.10 Å². The minimum absolute atomic E-state index is 0.0316. The predicted octanol–water partition coefficient (Wildman–Crippen LogP) is 2.44. The van der Waals surface area contributed by atoms with Gasteiger partial charge < -0.3 is 10.0 Å². The maximum absolute atomic E-state index is 11.9. The fourth-order valence-electron chi connectivity index (χ4n) is 2.29. The number of amides is 1. The number of hydrogen-bond acceptors (Lipinski definition) is 2. The SMILES string of the molecule is Cc1cc(C)c(N2CC(O)CCC2=O)c(Cl)c1. The Morgan fingerprint density at radius 1 is 1.41 bits per heavy atom. The molecule has 0 radical (unpaired) electrons. The number of halogens is 1. The van der Waals surface area contributed by atoms with E-state index in [-0.39, 0.29) is 5.91 Å². The van der Waals surface area contributed by atoms with Gasteiger partial charge in [-0.15, -0.1) is 0 Å². The summed E-state index contributed by atoms with van der Waals surface area (Å²) in [6.07, 6.45) is 0.465. The Balaban J connectivity index is 2.42. The van der Waals surface area contributed by atoms with Gasteiger partial charge in [-0.2, -0.15) is 0 Å². The molecule has 1 fully saturated rings. The van der Waals surface area contributed by atoms with Crippen LogP contribution in [0.1, 0.15) is 24.0 Å². The number of aliphatic hydroxyl groups is 1. The summed E-state index contributed by atoms with van der Waals surface area (Å²) in [4.78, 5) is 13.5. The highest BCUT2D eigenvalue weighted by Gasteiger charge is 2.27. The first-order valence-electron chi connectivity index (χ1n) is 5.74. The van der Waals surface area contributed by atoms with Gasteiger partial charge in [-0.05, 0) is 37.5 Å². The van der Waals surface area contributed by atoms with Gasteiger partial charge >= 0.3 is 0 Å². The molecule has 1 unspecified atom stereocenters. The molecule has 3 nitrogen and oxygen atoms in total. The molecule has 4 heteroatoms. The highest BCUT2D eigenvalue weighted by molar-refractivity contribution is 6.34. The molecular formula is C13H16ClNO2. The maximum Gasteiger partial charge on any atom is 0.227 e. The molecule has 0 saturated carbocycles. The molecule has 0 aliphatic carbocycles. The lowest BCUT2D eigenvalue weighted by atomic mass is 10.0.